The van der Waals surface area contributed by atoms with E-state index in [2.05, 4.69) is 31.4 Å². The van der Waals surface area contributed by atoms with Crippen LogP contribution in [0.4, 0.5) is 0 Å². The van der Waals surface area contributed by atoms with Crippen LogP contribution in [0.1, 0.15) is 34.1 Å². The molecule has 0 aromatic rings. The van der Waals surface area contributed by atoms with Crippen molar-refractivity contribution in [1.29, 1.82) is 0 Å². The fourth-order valence-electron chi connectivity index (χ4n) is 1.29. The van der Waals surface area contributed by atoms with Crippen LogP contribution in [0.2, 0.25) is 0 Å². The van der Waals surface area contributed by atoms with Crippen LogP contribution in [0, 0.1) is 0 Å². The summed E-state index contributed by atoms with van der Waals surface area (Å²) in [7, 11) is 0. The summed E-state index contributed by atoms with van der Waals surface area (Å²) in [5.74, 6) is 0.594. The molecule has 5 heteroatoms. The first-order chi connectivity index (χ1) is 7.66. The summed E-state index contributed by atoms with van der Waals surface area (Å²) in [6.45, 7) is 8.88. The lowest BCUT2D eigenvalue weighted by atomic mass is 10.1. The molecule has 0 heterocycles. The molecule has 0 saturated heterocycles. The van der Waals surface area contributed by atoms with Crippen LogP contribution in [0.15, 0.2) is 0 Å². The van der Waals surface area contributed by atoms with Crippen LogP contribution < -0.4 is 10.6 Å². The highest BCUT2D eigenvalue weighted by molar-refractivity contribution is 7.98. The van der Waals surface area contributed by atoms with Crippen LogP contribution in [0.5, 0.6) is 0 Å². The number of rotatable bonds is 7. The average Bonchev–Trinajstić information content (AvgIpc) is 2.13. The van der Waals surface area contributed by atoms with Crippen molar-refractivity contribution in [3.8, 4) is 0 Å². The highest BCUT2D eigenvalue weighted by Gasteiger charge is 2.20. The monoisotopic (exact) mass is 262 g/mol. The van der Waals surface area contributed by atoms with E-state index < -0.39 is 5.60 Å². The summed E-state index contributed by atoms with van der Waals surface area (Å²) >= 11 is 1.57. The number of carbonyl (C=O) groups excluding carboxylic acids is 1. The number of nitrogens with one attached hydrogen (secondary N) is 2. The van der Waals surface area contributed by atoms with Gasteiger partial charge < -0.3 is 15.7 Å². The Labute approximate surface area is 109 Å². The van der Waals surface area contributed by atoms with Gasteiger partial charge in [0.1, 0.15) is 0 Å². The Morgan fingerprint density at radius 2 is 1.88 bits per heavy atom. The van der Waals surface area contributed by atoms with Gasteiger partial charge in [-0.2, -0.15) is 11.8 Å². The van der Waals surface area contributed by atoms with E-state index in [-0.39, 0.29) is 11.4 Å². The Bertz CT molecular complexity index is 237. The zero-order chi connectivity index (χ0) is 13.5. The summed E-state index contributed by atoms with van der Waals surface area (Å²) in [6.07, 6.45) is 2.37. The third kappa shape index (κ3) is 10.6. The smallest absolute Gasteiger partial charge is 0.221 e. The molecule has 0 fully saturated rings. The second-order valence-corrected chi connectivity index (χ2v) is 6.50. The van der Waals surface area contributed by atoms with Gasteiger partial charge in [-0.25, -0.2) is 0 Å². The number of hydrogen-bond donors (Lipinski definition) is 3. The maximum Gasteiger partial charge on any atom is 0.221 e. The largest absolute Gasteiger partial charge is 0.387 e. The fourth-order valence-corrected chi connectivity index (χ4v) is 2.01. The van der Waals surface area contributed by atoms with Gasteiger partial charge in [-0.15, -0.1) is 0 Å². The van der Waals surface area contributed by atoms with Gasteiger partial charge in [0.2, 0.25) is 5.91 Å². The van der Waals surface area contributed by atoms with Gasteiger partial charge in [0.05, 0.1) is 5.60 Å². The molecular formula is C12H26N2O2S. The van der Waals surface area contributed by atoms with Crippen molar-refractivity contribution in [2.45, 2.75) is 45.3 Å². The van der Waals surface area contributed by atoms with Gasteiger partial charge in [0, 0.05) is 30.8 Å². The predicted molar refractivity (Wildman–Crippen MR) is 74.4 cm³/mol. The van der Waals surface area contributed by atoms with Crippen LogP contribution in [-0.4, -0.2) is 47.3 Å². The van der Waals surface area contributed by atoms with Gasteiger partial charge in [-0.3, -0.25) is 4.79 Å². The molecule has 1 amide bonds. The Hall–Kier alpha value is -0.260. The van der Waals surface area contributed by atoms with Crippen LogP contribution in [0.3, 0.4) is 0 Å². The number of carbonyl (C=O) groups is 1. The van der Waals surface area contributed by atoms with E-state index in [1.54, 1.807) is 18.7 Å². The van der Waals surface area contributed by atoms with E-state index in [1.165, 1.54) is 0 Å². The number of amides is 1. The van der Waals surface area contributed by atoms with Crippen molar-refractivity contribution in [3.05, 3.63) is 0 Å². The molecule has 0 aliphatic rings. The molecule has 0 saturated carbocycles. The Morgan fingerprint density at radius 1 is 1.29 bits per heavy atom. The normalized spacial score (nSPS) is 15.4. The molecule has 4 nitrogen and oxygen atoms in total. The molecule has 102 valence electrons. The molecular weight excluding hydrogens is 236 g/mol. The average molecular weight is 262 g/mol. The topological polar surface area (TPSA) is 61.4 Å². The number of aliphatic hydroxyl groups is 1. The van der Waals surface area contributed by atoms with Gasteiger partial charge in [-0.1, -0.05) is 0 Å². The van der Waals surface area contributed by atoms with Crippen molar-refractivity contribution in [3.63, 3.8) is 0 Å². The van der Waals surface area contributed by atoms with Crippen LogP contribution in [-0.2, 0) is 4.79 Å². The summed E-state index contributed by atoms with van der Waals surface area (Å²) in [5.41, 5.74) is -0.794. The first kappa shape index (κ1) is 16.7. The molecule has 0 aromatic heterocycles. The molecule has 0 aromatic carbocycles. The highest BCUT2D eigenvalue weighted by atomic mass is 32.2. The second kappa shape index (κ2) is 7.24. The third-order valence-corrected chi connectivity index (χ3v) is 3.04. The maximum atomic E-state index is 11.5. The van der Waals surface area contributed by atoms with E-state index in [4.69, 9.17) is 0 Å². The molecule has 0 radical (unpaired) electrons. The van der Waals surface area contributed by atoms with Crippen molar-refractivity contribution >= 4 is 17.7 Å². The first-order valence-corrected chi connectivity index (χ1v) is 7.29. The van der Waals surface area contributed by atoms with Crippen molar-refractivity contribution in [1.82, 2.24) is 10.6 Å². The Morgan fingerprint density at radius 3 is 2.35 bits per heavy atom. The molecule has 0 bridgehead atoms. The Kier molecular flexibility index (Phi) is 7.13. The molecule has 0 rings (SSSR count). The number of thioether (sulfide) groups is 1. The molecule has 0 aliphatic heterocycles. The van der Waals surface area contributed by atoms with Crippen LogP contribution >= 0.6 is 11.8 Å². The van der Waals surface area contributed by atoms with E-state index >= 15 is 0 Å². The first-order valence-electron chi connectivity index (χ1n) is 5.89. The SMILES string of the molecule is CSCC(C)(O)CNC(=O)CCNC(C)(C)C. The summed E-state index contributed by atoms with van der Waals surface area (Å²) in [6, 6.07) is 0. The maximum absolute atomic E-state index is 11.5. The quantitative estimate of drug-likeness (QED) is 0.640. The molecule has 17 heavy (non-hydrogen) atoms. The zero-order valence-electron chi connectivity index (χ0n) is 11.6. The lowest BCUT2D eigenvalue weighted by molar-refractivity contribution is -0.122. The predicted octanol–water partition coefficient (Wildman–Crippen LogP) is 0.995. The third-order valence-electron chi connectivity index (χ3n) is 2.13. The van der Waals surface area contributed by atoms with Crippen LogP contribution in [0.25, 0.3) is 0 Å². The lowest BCUT2D eigenvalue weighted by Gasteiger charge is -2.23. The van der Waals surface area contributed by atoms with Crippen molar-refractivity contribution in [2.24, 2.45) is 0 Å². The highest BCUT2D eigenvalue weighted by Crippen LogP contribution is 2.08. The standard InChI is InChI=1S/C12H26N2O2S/c1-11(2,3)14-7-6-10(15)13-8-12(4,16)9-17-5/h14,16H,6-9H2,1-5H3,(H,13,15). The molecule has 1 atom stereocenters. The lowest BCUT2D eigenvalue weighted by Crippen LogP contribution is -2.44. The molecule has 3 N–H and O–H groups in total. The minimum atomic E-state index is -0.827. The van der Waals surface area contributed by atoms with E-state index in [0.29, 0.717) is 25.3 Å². The summed E-state index contributed by atoms with van der Waals surface area (Å²) in [4.78, 5) is 11.5. The molecule has 0 spiro atoms. The summed E-state index contributed by atoms with van der Waals surface area (Å²) < 4.78 is 0. The second-order valence-electron chi connectivity index (χ2n) is 5.63. The van der Waals surface area contributed by atoms with Gasteiger partial charge in [0.25, 0.3) is 0 Å². The zero-order valence-corrected chi connectivity index (χ0v) is 12.4. The van der Waals surface area contributed by atoms with Gasteiger partial charge in [-0.05, 0) is 34.0 Å². The molecule has 0 aliphatic carbocycles. The van der Waals surface area contributed by atoms with E-state index in [1.807, 2.05) is 6.26 Å². The fraction of sp³-hybridized carbons (Fsp3) is 0.917. The van der Waals surface area contributed by atoms with E-state index in [0.717, 1.165) is 0 Å². The Balaban J connectivity index is 3.73. The minimum Gasteiger partial charge on any atom is -0.387 e. The van der Waals surface area contributed by atoms with Gasteiger partial charge >= 0.3 is 0 Å². The summed E-state index contributed by atoms with van der Waals surface area (Å²) in [5, 5.41) is 15.9. The van der Waals surface area contributed by atoms with E-state index in [9.17, 15) is 9.90 Å². The van der Waals surface area contributed by atoms with Crippen molar-refractivity contribution < 1.29 is 9.90 Å². The minimum absolute atomic E-state index is 0.0249. The molecule has 1 unspecified atom stereocenters. The van der Waals surface area contributed by atoms with Gasteiger partial charge in [0.15, 0.2) is 0 Å². The number of hydrogen-bond acceptors (Lipinski definition) is 4. The van der Waals surface area contributed by atoms with Crippen molar-refractivity contribution in [2.75, 3.05) is 25.1 Å².